The van der Waals surface area contributed by atoms with Crippen LogP contribution in [0.1, 0.15) is 23.5 Å². The number of rotatable bonds is 5. The second-order valence-corrected chi connectivity index (χ2v) is 6.00. The van der Waals surface area contributed by atoms with Crippen molar-refractivity contribution in [1.29, 1.82) is 0 Å². The first-order valence-corrected chi connectivity index (χ1v) is 7.71. The molecule has 1 aliphatic rings. The summed E-state index contributed by atoms with van der Waals surface area (Å²) in [7, 11) is 1.65. The third kappa shape index (κ3) is 3.42. The van der Waals surface area contributed by atoms with Crippen LogP contribution in [0.3, 0.4) is 0 Å². The maximum atomic E-state index is 12.2. The molecule has 0 heterocycles. The molecule has 0 saturated heterocycles. The van der Waals surface area contributed by atoms with E-state index in [-0.39, 0.29) is 11.8 Å². The van der Waals surface area contributed by atoms with Gasteiger partial charge in [0.25, 0.3) is 0 Å². The summed E-state index contributed by atoms with van der Waals surface area (Å²) in [6, 6.07) is 15.5. The van der Waals surface area contributed by atoms with E-state index in [1.54, 1.807) is 7.11 Å². The van der Waals surface area contributed by atoms with Gasteiger partial charge >= 0.3 is 0 Å². The number of nitrogens with one attached hydrogen (secondary N) is 1. The maximum absolute atomic E-state index is 12.2. The zero-order chi connectivity index (χ0) is 15.5. The molecule has 2 atom stereocenters. The number of halogens is 1. The fourth-order valence-corrected chi connectivity index (χ4v) is 2.75. The average molecular weight is 316 g/mol. The molecule has 0 radical (unpaired) electrons. The summed E-state index contributed by atoms with van der Waals surface area (Å²) >= 11 is 5.85. The molecule has 2 unspecified atom stereocenters. The first-order valence-electron chi connectivity index (χ1n) is 7.33. The fraction of sp³-hybridized carbons (Fsp3) is 0.278. The summed E-state index contributed by atoms with van der Waals surface area (Å²) in [5, 5.41) is 3.70. The molecular weight excluding hydrogens is 298 g/mol. The Hall–Kier alpha value is -2.00. The predicted octanol–water partition coefficient (Wildman–Crippen LogP) is 3.77. The highest BCUT2D eigenvalue weighted by atomic mass is 35.5. The van der Waals surface area contributed by atoms with Crippen molar-refractivity contribution >= 4 is 17.5 Å². The summed E-state index contributed by atoms with van der Waals surface area (Å²) < 4.78 is 5.15. The summed E-state index contributed by atoms with van der Waals surface area (Å²) in [5.74, 6) is 1.38. The Kier molecular flexibility index (Phi) is 4.34. The minimum atomic E-state index is 0.0840. The molecule has 0 bridgehead atoms. The van der Waals surface area contributed by atoms with Crippen molar-refractivity contribution in [2.24, 2.45) is 5.92 Å². The van der Waals surface area contributed by atoms with Gasteiger partial charge in [-0.15, -0.1) is 0 Å². The standard InChI is InChI=1S/C18H18ClNO2/c1-22-15-8-4-13(5-9-15)16-10-17(16)18(21)20-11-12-2-6-14(19)7-3-12/h2-9,16-17H,10-11H2,1H3,(H,20,21). The van der Waals surface area contributed by atoms with E-state index in [9.17, 15) is 4.79 Å². The molecule has 0 aliphatic heterocycles. The number of carbonyl (C=O) groups is 1. The van der Waals surface area contributed by atoms with Crippen molar-refractivity contribution in [3.8, 4) is 5.75 Å². The normalized spacial score (nSPS) is 19.5. The van der Waals surface area contributed by atoms with Crippen LogP contribution >= 0.6 is 11.6 Å². The minimum Gasteiger partial charge on any atom is -0.497 e. The van der Waals surface area contributed by atoms with Crippen LogP contribution < -0.4 is 10.1 Å². The third-order valence-electron chi connectivity index (χ3n) is 4.05. The van der Waals surface area contributed by atoms with Crippen LogP contribution in [0.15, 0.2) is 48.5 Å². The highest BCUT2D eigenvalue weighted by molar-refractivity contribution is 6.30. The van der Waals surface area contributed by atoms with Crippen molar-refractivity contribution in [3.63, 3.8) is 0 Å². The van der Waals surface area contributed by atoms with Crippen LogP contribution in [-0.4, -0.2) is 13.0 Å². The minimum absolute atomic E-state index is 0.0840. The lowest BCUT2D eigenvalue weighted by Crippen LogP contribution is -2.24. The van der Waals surface area contributed by atoms with Gasteiger partial charge in [0.05, 0.1) is 7.11 Å². The van der Waals surface area contributed by atoms with Crippen LogP contribution in [0.4, 0.5) is 0 Å². The van der Waals surface area contributed by atoms with Crippen LogP contribution in [0.5, 0.6) is 5.75 Å². The molecule has 0 aromatic heterocycles. The molecule has 114 valence electrons. The second-order valence-electron chi connectivity index (χ2n) is 5.57. The van der Waals surface area contributed by atoms with Gasteiger partial charge in [0.2, 0.25) is 5.91 Å². The van der Waals surface area contributed by atoms with Crippen LogP contribution in [0, 0.1) is 5.92 Å². The molecule has 1 N–H and O–H groups in total. The van der Waals surface area contributed by atoms with Crippen molar-refractivity contribution in [2.45, 2.75) is 18.9 Å². The SMILES string of the molecule is COc1ccc(C2CC2C(=O)NCc2ccc(Cl)cc2)cc1. The van der Waals surface area contributed by atoms with E-state index < -0.39 is 0 Å². The number of benzene rings is 2. The number of carbonyl (C=O) groups excluding carboxylic acids is 1. The van der Waals surface area contributed by atoms with E-state index in [2.05, 4.69) is 5.32 Å². The maximum Gasteiger partial charge on any atom is 0.224 e. The summed E-state index contributed by atoms with van der Waals surface area (Å²) in [6.07, 6.45) is 0.915. The van der Waals surface area contributed by atoms with E-state index in [1.165, 1.54) is 5.56 Å². The fourth-order valence-electron chi connectivity index (χ4n) is 2.63. The van der Waals surface area contributed by atoms with Gasteiger partial charge in [-0.3, -0.25) is 4.79 Å². The third-order valence-corrected chi connectivity index (χ3v) is 4.30. The van der Waals surface area contributed by atoms with Crippen molar-refractivity contribution < 1.29 is 9.53 Å². The number of methoxy groups -OCH3 is 1. The Morgan fingerprint density at radius 2 is 1.86 bits per heavy atom. The Morgan fingerprint density at radius 1 is 1.18 bits per heavy atom. The zero-order valence-corrected chi connectivity index (χ0v) is 13.1. The Balaban J connectivity index is 1.52. The van der Waals surface area contributed by atoms with E-state index in [1.807, 2.05) is 48.5 Å². The molecule has 3 rings (SSSR count). The van der Waals surface area contributed by atoms with Crippen LogP contribution in [-0.2, 0) is 11.3 Å². The van der Waals surface area contributed by atoms with Crippen LogP contribution in [0.25, 0.3) is 0 Å². The van der Waals surface area contributed by atoms with Gasteiger partial charge in [-0.05, 0) is 47.7 Å². The summed E-state index contributed by atoms with van der Waals surface area (Å²) in [6.45, 7) is 0.543. The van der Waals surface area contributed by atoms with Gasteiger partial charge in [-0.25, -0.2) is 0 Å². The Bertz CT molecular complexity index is 652. The van der Waals surface area contributed by atoms with Gasteiger partial charge in [0.15, 0.2) is 0 Å². The molecule has 1 aliphatic carbocycles. The lowest BCUT2D eigenvalue weighted by atomic mass is 10.1. The Labute approximate surface area is 135 Å². The largest absolute Gasteiger partial charge is 0.497 e. The van der Waals surface area contributed by atoms with Crippen molar-refractivity contribution in [1.82, 2.24) is 5.32 Å². The quantitative estimate of drug-likeness (QED) is 0.912. The van der Waals surface area contributed by atoms with E-state index in [0.717, 1.165) is 17.7 Å². The summed E-state index contributed by atoms with van der Waals surface area (Å²) in [5.41, 5.74) is 2.26. The van der Waals surface area contributed by atoms with E-state index >= 15 is 0 Å². The lowest BCUT2D eigenvalue weighted by Gasteiger charge is -2.06. The number of amides is 1. The molecule has 2 aromatic rings. The zero-order valence-electron chi connectivity index (χ0n) is 12.4. The molecule has 4 heteroatoms. The molecule has 2 aromatic carbocycles. The van der Waals surface area contributed by atoms with Crippen LogP contribution in [0.2, 0.25) is 5.02 Å². The molecule has 22 heavy (non-hydrogen) atoms. The Morgan fingerprint density at radius 3 is 2.50 bits per heavy atom. The van der Waals surface area contributed by atoms with E-state index in [0.29, 0.717) is 17.5 Å². The monoisotopic (exact) mass is 315 g/mol. The highest BCUT2D eigenvalue weighted by Crippen LogP contribution is 2.47. The number of ether oxygens (including phenoxy) is 1. The average Bonchev–Trinajstić information content (AvgIpc) is 3.35. The molecule has 1 fully saturated rings. The number of hydrogen-bond acceptors (Lipinski definition) is 2. The predicted molar refractivity (Wildman–Crippen MR) is 87.1 cm³/mol. The van der Waals surface area contributed by atoms with Gasteiger partial charge in [0, 0.05) is 17.5 Å². The van der Waals surface area contributed by atoms with E-state index in [4.69, 9.17) is 16.3 Å². The van der Waals surface area contributed by atoms with Gasteiger partial charge < -0.3 is 10.1 Å². The van der Waals surface area contributed by atoms with Gasteiger partial charge in [0.1, 0.15) is 5.75 Å². The molecule has 1 amide bonds. The topological polar surface area (TPSA) is 38.3 Å². The van der Waals surface area contributed by atoms with Gasteiger partial charge in [-0.2, -0.15) is 0 Å². The number of hydrogen-bond donors (Lipinski definition) is 1. The molecular formula is C18H18ClNO2. The molecule has 1 saturated carbocycles. The van der Waals surface area contributed by atoms with Crippen molar-refractivity contribution in [2.75, 3.05) is 7.11 Å². The lowest BCUT2D eigenvalue weighted by molar-refractivity contribution is -0.122. The first kappa shape index (κ1) is 14.9. The second kappa shape index (κ2) is 6.41. The first-order chi connectivity index (χ1) is 10.7. The smallest absolute Gasteiger partial charge is 0.224 e. The highest BCUT2D eigenvalue weighted by Gasteiger charge is 2.43. The summed E-state index contributed by atoms with van der Waals surface area (Å²) in [4.78, 5) is 12.2. The van der Waals surface area contributed by atoms with Gasteiger partial charge in [-0.1, -0.05) is 35.9 Å². The molecule has 3 nitrogen and oxygen atoms in total. The molecule has 0 spiro atoms. The van der Waals surface area contributed by atoms with Crippen molar-refractivity contribution in [3.05, 3.63) is 64.7 Å².